The summed E-state index contributed by atoms with van der Waals surface area (Å²) in [5, 5.41) is 0. The number of ether oxygens (including phenoxy) is 1. The van der Waals surface area contributed by atoms with Gasteiger partial charge in [-0.15, -0.1) is 0 Å². The molecule has 2 aliphatic rings. The quantitative estimate of drug-likeness (QED) is 0.739. The molecule has 0 bridgehead atoms. The van der Waals surface area contributed by atoms with Crippen LogP contribution in [0.1, 0.15) is 53.4 Å². The van der Waals surface area contributed by atoms with Crippen LogP contribution in [0.15, 0.2) is 11.6 Å². The lowest BCUT2D eigenvalue weighted by molar-refractivity contribution is -0.141. The summed E-state index contributed by atoms with van der Waals surface area (Å²) < 4.78 is 5.27. The molecule has 0 amide bonds. The second-order valence-corrected chi connectivity index (χ2v) is 6.78. The molecule has 0 aromatic heterocycles. The largest absolute Gasteiger partial charge is 0.464 e. The molecular formula is C17H26O3. The van der Waals surface area contributed by atoms with E-state index in [2.05, 4.69) is 27.7 Å². The maximum absolute atomic E-state index is 12.3. The van der Waals surface area contributed by atoms with Gasteiger partial charge in [0.15, 0.2) is 5.78 Å². The number of hydrogen-bond acceptors (Lipinski definition) is 3. The van der Waals surface area contributed by atoms with E-state index in [1.165, 1.54) is 5.57 Å². The van der Waals surface area contributed by atoms with Crippen LogP contribution in [0, 0.1) is 23.2 Å². The summed E-state index contributed by atoms with van der Waals surface area (Å²) in [5.41, 5.74) is 1.26. The lowest BCUT2D eigenvalue weighted by atomic mass is 9.56. The van der Waals surface area contributed by atoms with Crippen molar-refractivity contribution in [2.45, 2.75) is 59.5 Å². The third-order valence-corrected chi connectivity index (χ3v) is 5.88. The standard InChI is InChI=1S/C17H26O3/c1-5-11(2)14-9-17(4)12(3)16(20-10-18)7-6-13(17)8-15(14)19/h8,10-12,14,16H,5-7,9H2,1-4H3. The van der Waals surface area contributed by atoms with Gasteiger partial charge in [-0.05, 0) is 36.7 Å². The van der Waals surface area contributed by atoms with E-state index in [1.54, 1.807) is 0 Å². The second-order valence-electron chi connectivity index (χ2n) is 6.78. The monoisotopic (exact) mass is 278 g/mol. The minimum Gasteiger partial charge on any atom is -0.464 e. The van der Waals surface area contributed by atoms with Crippen LogP contribution in [0.4, 0.5) is 0 Å². The first-order chi connectivity index (χ1) is 9.43. The van der Waals surface area contributed by atoms with Crippen molar-refractivity contribution in [2.24, 2.45) is 23.2 Å². The Hall–Kier alpha value is -1.12. The second kappa shape index (κ2) is 5.71. The minimum absolute atomic E-state index is 0.00602. The summed E-state index contributed by atoms with van der Waals surface area (Å²) in [6, 6.07) is 0. The Morgan fingerprint density at radius 2 is 2.25 bits per heavy atom. The van der Waals surface area contributed by atoms with E-state index in [1.807, 2.05) is 6.08 Å². The number of rotatable bonds is 4. The van der Waals surface area contributed by atoms with Crippen LogP contribution in [-0.2, 0) is 14.3 Å². The van der Waals surface area contributed by atoms with E-state index in [4.69, 9.17) is 4.74 Å². The minimum atomic E-state index is -0.0135. The third-order valence-electron chi connectivity index (χ3n) is 5.88. The highest BCUT2D eigenvalue weighted by atomic mass is 16.5. The molecule has 1 fully saturated rings. The molecule has 112 valence electrons. The van der Waals surface area contributed by atoms with Crippen molar-refractivity contribution in [3.63, 3.8) is 0 Å². The molecule has 0 spiro atoms. The topological polar surface area (TPSA) is 43.4 Å². The fourth-order valence-corrected chi connectivity index (χ4v) is 3.95. The van der Waals surface area contributed by atoms with Crippen molar-refractivity contribution in [1.29, 1.82) is 0 Å². The van der Waals surface area contributed by atoms with Crippen LogP contribution in [0.25, 0.3) is 0 Å². The van der Waals surface area contributed by atoms with Crippen molar-refractivity contribution < 1.29 is 14.3 Å². The molecule has 20 heavy (non-hydrogen) atoms. The van der Waals surface area contributed by atoms with Crippen molar-refractivity contribution in [3.8, 4) is 0 Å². The number of fused-ring (bicyclic) bond motifs is 1. The van der Waals surface area contributed by atoms with E-state index in [-0.39, 0.29) is 23.4 Å². The summed E-state index contributed by atoms with van der Waals surface area (Å²) in [6.45, 7) is 9.27. The zero-order valence-electron chi connectivity index (χ0n) is 13.0. The predicted octanol–water partition coefficient (Wildman–Crippen LogP) is 3.53. The van der Waals surface area contributed by atoms with Gasteiger partial charge in [0.1, 0.15) is 6.10 Å². The third kappa shape index (κ3) is 2.43. The highest BCUT2D eigenvalue weighted by Gasteiger charge is 2.48. The normalized spacial score (nSPS) is 38.7. The molecule has 3 heteroatoms. The van der Waals surface area contributed by atoms with Gasteiger partial charge >= 0.3 is 0 Å². The molecule has 5 atom stereocenters. The molecule has 3 nitrogen and oxygen atoms in total. The van der Waals surface area contributed by atoms with Crippen molar-refractivity contribution in [1.82, 2.24) is 0 Å². The van der Waals surface area contributed by atoms with Crippen LogP contribution < -0.4 is 0 Å². The van der Waals surface area contributed by atoms with E-state index in [0.717, 1.165) is 25.7 Å². The highest BCUT2D eigenvalue weighted by Crippen LogP contribution is 2.53. The Balaban J connectivity index is 2.29. The zero-order chi connectivity index (χ0) is 14.9. The first-order valence-corrected chi connectivity index (χ1v) is 7.78. The Morgan fingerprint density at radius 1 is 1.55 bits per heavy atom. The van der Waals surface area contributed by atoms with E-state index < -0.39 is 0 Å². The molecule has 1 saturated carbocycles. The SMILES string of the molecule is CCC(C)C1CC2(C)C(=CC1=O)CCC(OC=O)C2C. The van der Waals surface area contributed by atoms with Gasteiger partial charge in [0.2, 0.25) is 0 Å². The van der Waals surface area contributed by atoms with Gasteiger partial charge in [0, 0.05) is 11.8 Å². The Bertz CT molecular complexity index is 426. The van der Waals surface area contributed by atoms with Crippen LogP contribution in [-0.4, -0.2) is 18.4 Å². The van der Waals surface area contributed by atoms with Gasteiger partial charge in [-0.25, -0.2) is 0 Å². The first kappa shape index (κ1) is 15.3. The molecule has 2 aliphatic carbocycles. The number of allylic oxidation sites excluding steroid dienone is 2. The van der Waals surface area contributed by atoms with Crippen LogP contribution in [0.3, 0.4) is 0 Å². The smallest absolute Gasteiger partial charge is 0.293 e. The van der Waals surface area contributed by atoms with Crippen molar-refractivity contribution in [2.75, 3.05) is 0 Å². The van der Waals surface area contributed by atoms with E-state index >= 15 is 0 Å². The summed E-state index contributed by atoms with van der Waals surface area (Å²) in [6.07, 6.45) is 5.51. The summed E-state index contributed by atoms with van der Waals surface area (Å²) in [4.78, 5) is 23.0. The average Bonchev–Trinajstić information content (AvgIpc) is 2.43. The highest BCUT2D eigenvalue weighted by molar-refractivity contribution is 5.94. The van der Waals surface area contributed by atoms with Crippen molar-refractivity contribution >= 4 is 12.3 Å². The van der Waals surface area contributed by atoms with Gasteiger partial charge in [-0.2, -0.15) is 0 Å². The molecule has 0 N–H and O–H groups in total. The van der Waals surface area contributed by atoms with Crippen LogP contribution in [0.5, 0.6) is 0 Å². The molecule has 0 aromatic rings. The summed E-state index contributed by atoms with van der Waals surface area (Å²) >= 11 is 0. The molecule has 5 unspecified atom stereocenters. The molecule has 0 aliphatic heterocycles. The van der Waals surface area contributed by atoms with Crippen LogP contribution in [0.2, 0.25) is 0 Å². The first-order valence-electron chi connectivity index (χ1n) is 7.78. The van der Waals surface area contributed by atoms with Gasteiger partial charge in [-0.3, -0.25) is 9.59 Å². The fraction of sp³-hybridized carbons (Fsp3) is 0.765. The molecule has 0 radical (unpaired) electrons. The lowest BCUT2D eigenvalue weighted by Gasteiger charge is -2.49. The molecule has 0 saturated heterocycles. The Labute approximate surface area is 121 Å². The average molecular weight is 278 g/mol. The van der Waals surface area contributed by atoms with E-state index in [9.17, 15) is 9.59 Å². The Morgan fingerprint density at radius 3 is 2.85 bits per heavy atom. The molecular weight excluding hydrogens is 252 g/mol. The summed E-state index contributed by atoms with van der Waals surface area (Å²) in [5.74, 6) is 1.10. The maximum atomic E-state index is 12.3. The Kier molecular flexibility index (Phi) is 4.36. The lowest BCUT2D eigenvalue weighted by Crippen LogP contribution is -2.46. The molecule has 0 heterocycles. The van der Waals surface area contributed by atoms with Gasteiger partial charge < -0.3 is 4.74 Å². The van der Waals surface area contributed by atoms with Gasteiger partial charge in [0.25, 0.3) is 6.47 Å². The van der Waals surface area contributed by atoms with Crippen molar-refractivity contribution in [3.05, 3.63) is 11.6 Å². The number of carbonyl (C=O) groups excluding carboxylic acids is 2. The van der Waals surface area contributed by atoms with Gasteiger partial charge in [0.05, 0.1) is 0 Å². The summed E-state index contributed by atoms with van der Waals surface area (Å²) in [7, 11) is 0. The molecule has 0 aromatic carbocycles. The zero-order valence-corrected chi connectivity index (χ0v) is 13.0. The number of carbonyl (C=O) groups is 2. The number of hydrogen-bond donors (Lipinski definition) is 0. The predicted molar refractivity (Wildman–Crippen MR) is 78.1 cm³/mol. The number of ketones is 1. The maximum Gasteiger partial charge on any atom is 0.293 e. The molecule has 2 rings (SSSR count). The van der Waals surface area contributed by atoms with Crippen LogP contribution >= 0.6 is 0 Å². The van der Waals surface area contributed by atoms with E-state index in [0.29, 0.717) is 18.2 Å². The van der Waals surface area contributed by atoms with Gasteiger partial charge in [-0.1, -0.05) is 39.7 Å². The fourth-order valence-electron chi connectivity index (χ4n) is 3.95.